The summed E-state index contributed by atoms with van der Waals surface area (Å²) in [4.78, 5) is 28.6. The Morgan fingerprint density at radius 3 is 1.34 bits per heavy atom. The molecule has 0 amide bonds. The predicted octanol–water partition coefficient (Wildman–Crippen LogP) is 12.8. The Balaban J connectivity index is 1.26. The van der Waals surface area contributed by atoms with E-state index >= 15 is 0 Å². The molecule has 390 valence electrons. The third-order valence-corrected chi connectivity index (χ3v) is 15.5. The summed E-state index contributed by atoms with van der Waals surface area (Å²) >= 11 is 0. The van der Waals surface area contributed by atoms with Gasteiger partial charge in [-0.2, -0.15) is 4.58 Å². The Hall–Kier alpha value is -6.55. The van der Waals surface area contributed by atoms with Gasteiger partial charge in [0.1, 0.15) is 26.3 Å². The molecule has 7 rings (SSSR count). The zero-order valence-electron chi connectivity index (χ0n) is 46.4. The van der Waals surface area contributed by atoms with Crippen LogP contribution in [0.1, 0.15) is 88.5 Å². The van der Waals surface area contributed by atoms with Crippen molar-refractivity contribution in [1.29, 1.82) is 0 Å². The quantitative estimate of drug-likeness (QED) is 0.0257. The zero-order chi connectivity index (χ0) is 53.3. The average molecular weight is 999 g/mol. The van der Waals surface area contributed by atoms with E-state index in [1.165, 1.54) is 74.0 Å². The number of benzene rings is 4. The highest BCUT2D eigenvalue weighted by Gasteiger charge is 2.42. The van der Waals surface area contributed by atoms with E-state index in [0.29, 0.717) is 13.2 Å². The van der Waals surface area contributed by atoms with Gasteiger partial charge in [0.25, 0.3) is 0 Å². The molecule has 0 saturated heterocycles. The number of allylic oxidation sites excluding steroid dienone is 8. The maximum atomic E-state index is 11.7. The maximum absolute atomic E-state index is 11.7. The Morgan fingerprint density at radius 2 is 0.959 bits per heavy atom. The summed E-state index contributed by atoms with van der Waals surface area (Å²) in [5, 5.41) is 0. The van der Waals surface area contributed by atoms with Crippen LogP contribution < -0.4 is 14.4 Å². The second kappa shape index (κ2) is 23.8. The van der Waals surface area contributed by atoms with E-state index < -0.39 is 0 Å². The number of ether oxygens (including phenoxy) is 2. The molecule has 1 fully saturated rings. The molecule has 0 N–H and O–H groups in total. The summed E-state index contributed by atoms with van der Waals surface area (Å²) in [6.07, 6.45) is 18.2. The highest BCUT2D eigenvalue weighted by Crippen LogP contribution is 2.50. The Bertz CT molecular complexity index is 2650. The topological polar surface area (TPSA) is 62.1 Å². The number of hydrogen-bond acceptors (Lipinski definition) is 6. The first-order valence-electron chi connectivity index (χ1n) is 26.9. The van der Waals surface area contributed by atoms with Gasteiger partial charge in [0.05, 0.1) is 41.3 Å². The van der Waals surface area contributed by atoms with Gasteiger partial charge in [0.15, 0.2) is 0 Å². The SMILES string of the molecule is C=CC(=O)OCC[N+](C)(C)CCCCN1C(=CC=C2CCC(=CC=C3N(CCCC[N+](C)(C)CCOC(=O)C=C)c4ccc(C)cc4C3(C)C)C2=[N+](c2ccccc2)c2ccccc2)C(C)(C)c2cc(C)ccc21. The first-order chi connectivity index (χ1) is 35.3. The molecule has 0 radical (unpaired) electrons. The highest BCUT2D eigenvalue weighted by molar-refractivity contribution is 6.17. The lowest BCUT2D eigenvalue weighted by atomic mass is 9.83. The van der Waals surface area contributed by atoms with Gasteiger partial charge < -0.3 is 28.2 Å². The minimum Gasteiger partial charge on any atom is -0.457 e. The highest BCUT2D eigenvalue weighted by atomic mass is 16.5. The molecular weight excluding hydrogens is 915 g/mol. The van der Waals surface area contributed by atoms with Gasteiger partial charge in [-0.3, -0.25) is 0 Å². The summed E-state index contributed by atoms with van der Waals surface area (Å²) in [6.45, 7) is 27.1. The number of rotatable bonds is 22. The van der Waals surface area contributed by atoms with E-state index in [9.17, 15) is 9.59 Å². The number of fused-ring (bicyclic) bond motifs is 2. The van der Waals surface area contributed by atoms with E-state index in [2.05, 4.69) is 219 Å². The van der Waals surface area contributed by atoms with Crippen LogP contribution in [0.3, 0.4) is 0 Å². The van der Waals surface area contributed by atoms with Crippen molar-refractivity contribution >= 4 is 40.4 Å². The Kier molecular flexibility index (Phi) is 17.7. The van der Waals surface area contributed by atoms with Gasteiger partial charge in [0, 0.05) is 94.3 Å². The van der Waals surface area contributed by atoms with Gasteiger partial charge in [-0.1, -0.05) is 125 Å². The molecule has 1 saturated carbocycles. The normalized spacial score (nSPS) is 18.1. The van der Waals surface area contributed by atoms with Crippen LogP contribution in [0.4, 0.5) is 22.7 Å². The number of para-hydroxylation sites is 2. The van der Waals surface area contributed by atoms with E-state index in [4.69, 9.17) is 9.47 Å². The number of anilines is 2. The molecule has 0 unspecified atom stereocenters. The molecule has 9 nitrogen and oxygen atoms in total. The van der Waals surface area contributed by atoms with Crippen molar-refractivity contribution in [1.82, 2.24) is 4.58 Å². The number of likely N-dealkylation sites (N-methyl/N-ethyl adjacent to an activating group) is 2. The summed E-state index contributed by atoms with van der Waals surface area (Å²) in [7, 11) is 8.85. The Labute approximate surface area is 444 Å². The number of esters is 2. The molecule has 4 aromatic rings. The smallest absolute Gasteiger partial charge is 0.330 e. The fraction of sp³-hybridized carbons (Fsp3) is 0.400. The number of nitrogens with zero attached hydrogens (tertiary/aromatic N) is 5. The fourth-order valence-corrected chi connectivity index (χ4v) is 11.1. The monoisotopic (exact) mass is 999 g/mol. The van der Waals surface area contributed by atoms with E-state index in [-0.39, 0.29) is 22.8 Å². The number of aryl methyl sites for hydroxylation is 2. The van der Waals surface area contributed by atoms with Crippen molar-refractivity contribution in [2.75, 3.05) is 90.5 Å². The van der Waals surface area contributed by atoms with Crippen molar-refractivity contribution in [2.45, 2.75) is 90.9 Å². The van der Waals surface area contributed by atoms with Crippen LogP contribution in [-0.2, 0) is 29.9 Å². The summed E-state index contributed by atoms with van der Waals surface area (Å²) < 4.78 is 14.7. The van der Waals surface area contributed by atoms with E-state index in [1.807, 2.05) is 0 Å². The van der Waals surface area contributed by atoms with Gasteiger partial charge in [-0.15, -0.1) is 0 Å². The fourth-order valence-electron chi connectivity index (χ4n) is 11.1. The van der Waals surface area contributed by atoms with Gasteiger partial charge in [-0.05, 0) is 87.8 Å². The minimum absolute atomic E-state index is 0.205. The van der Waals surface area contributed by atoms with Crippen LogP contribution in [0.25, 0.3) is 0 Å². The van der Waals surface area contributed by atoms with E-state index in [1.54, 1.807) is 0 Å². The first-order valence-corrected chi connectivity index (χ1v) is 26.9. The van der Waals surface area contributed by atoms with Crippen molar-refractivity contribution < 1.29 is 28.0 Å². The van der Waals surface area contributed by atoms with Crippen LogP contribution in [-0.4, -0.2) is 107 Å². The van der Waals surface area contributed by atoms with Gasteiger partial charge in [-0.25, -0.2) is 9.59 Å². The lowest BCUT2D eigenvalue weighted by Gasteiger charge is -2.30. The van der Waals surface area contributed by atoms with Crippen LogP contribution in [0, 0.1) is 13.8 Å². The molecule has 74 heavy (non-hydrogen) atoms. The third-order valence-electron chi connectivity index (χ3n) is 15.5. The molecule has 3 aliphatic rings. The van der Waals surface area contributed by atoms with Crippen LogP contribution in [0.15, 0.2) is 169 Å². The van der Waals surface area contributed by atoms with Gasteiger partial charge >= 0.3 is 11.9 Å². The predicted molar refractivity (Wildman–Crippen MR) is 308 cm³/mol. The maximum Gasteiger partial charge on any atom is 0.330 e. The molecular formula is C65H84N5O4+3. The third kappa shape index (κ3) is 13.0. The molecule has 0 spiro atoms. The number of carbonyl (C=O) groups excluding carboxylic acids is 2. The van der Waals surface area contributed by atoms with Crippen molar-refractivity contribution in [3.05, 3.63) is 191 Å². The second-order valence-electron chi connectivity index (χ2n) is 22.9. The minimum atomic E-state index is -0.368. The van der Waals surface area contributed by atoms with Crippen molar-refractivity contribution in [3.63, 3.8) is 0 Å². The first kappa shape index (κ1) is 55.2. The van der Waals surface area contributed by atoms with Gasteiger partial charge in [0.2, 0.25) is 17.1 Å². The molecule has 1 aliphatic carbocycles. The second-order valence-corrected chi connectivity index (χ2v) is 22.9. The molecule has 2 aliphatic heterocycles. The van der Waals surface area contributed by atoms with Crippen LogP contribution in [0.5, 0.6) is 0 Å². The average Bonchev–Trinajstić information content (AvgIpc) is 3.93. The zero-order valence-corrected chi connectivity index (χ0v) is 46.4. The molecule has 0 aromatic heterocycles. The molecule has 4 aromatic carbocycles. The number of carbonyl (C=O) groups is 2. The number of quaternary nitrogens is 2. The lowest BCUT2D eigenvalue weighted by molar-refractivity contribution is -0.890. The van der Waals surface area contributed by atoms with Crippen molar-refractivity contribution in [2.24, 2.45) is 0 Å². The summed E-state index contributed by atoms with van der Waals surface area (Å²) in [5.41, 5.74) is 16.2. The summed E-state index contributed by atoms with van der Waals surface area (Å²) in [5.74, 6) is -0.735. The molecule has 9 heteroatoms. The van der Waals surface area contributed by atoms with Crippen molar-refractivity contribution in [3.8, 4) is 0 Å². The standard InChI is InChI=1S/C65H84N5O4/c1-13-61(71)73-45-43-69(9,10)41-23-21-39-66-57-35-29-49(3)47-55(57)64(5,6)59(66)37-33-51-31-32-52(63(51)68(53-25-17-15-18-26-53)54-27-19-16-20-28-54)34-38-60-65(7,8)56-48-50(4)30-36-58(56)67(60)40-22-24-42-70(11,12)44-46-74-62(72)14-2/h13-20,25-30,33-38,47-48H,1-2,21-24,31-32,39-46H2,3-12H3/q+3. The summed E-state index contributed by atoms with van der Waals surface area (Å²) in [6, 6.07) is 35.6. The largest absolute Gasteiger partial charge is 0.457 e. The van der Waals surface area contributed by atoms with Crippen LogP contribution >= 0.6 is 0 Å². The molecule has 0 bridgehead atoms. The van der Waals surface area contributed by atoms with Crippen LogP contribution in [0.2, 0.25) is 0 Å². The number of hydrogen-bond donors (Lipinski definition) is 0. The molecule has 0 atom stereocenters. The lowest BCUT2D eigenvalue weighted by Crippen LogP contribution is -2.43. The number of unbranched alkanes of at least 4 members (excludes halogenated alkanes) is 2. The van der Waals surface area contributed by atoms with E-state index in [0.717, 1.165) is 98.1 Å². The molecule has 2 heterocycles. The Morgan fingerprint density at radius 1 is 0.568 bits per heavy atom.